The van der Waals surface area contributed by atoms with Crippen LogP contribution in [0.2, 0.25) is 0 Å². The Labute approximate surface area is 99.8 Å². The Morgan fingerprint density at radius 1 is 1.56 bits per heavy atom. The second kappa shape index (κ2) is 6.60. The second-order valence-corrected chi connectivity index (χ2v) is 4.71. The fourth-order valence-corrected chi connectivity index (χ4v) is 2.34. The molecule has 90 valence electrons. The average Bonchev–Trinajstić information content (AvgIpc) is 2.73. The lowest BCUT2D eigenvalue weighted by Gasteiger charge is -2.14. The van der Waals surface area contributed by atoms with Crippen LogP contribution in [0.3, 0.4) is 0 Å². The predicted molar refractivity (Wildman–Crippen MR) is 66.8 cm³/mol. The lowest BCUT2D eigenvalue weighted by Crippen LogP contribution is -2.27. The molecule has 0 aromatic carbocycles. The molecule has 0 saturated carbocycles. The third kappa shape index (κ3) is 3.90. The average molecular weight is 242 g/mol. The van der Waals surface area contributed by atoms with Gasteiger partial charge >= 0.3 is 5.00 Å². The first kappa shape index (κ1) is 13.1. The molecule has 16 heavy (non-hydrogen) atoms. The van der Waals surface area contributed by atoms with Crippen LogP contribution in [0.5, 0.6) is 0 Å². The van der Waals surface area contributed by atoms with Gasteiger partial charge in [-0.2, -0.15) is 0 Å². The summed E-state index contributed by atoms with van der Waals surface area (Å²) in [5.74, 6) is 0. The van der Waals surface area contributed by atoms with Gasteiger partial charge in [0.15, 0.2) is 0 Å². The van der Waals surface area contributed by atoms with Crippen LogP contribution < -0.4 is 5.32 Å². The smallest absolute Gasteiger partial charge is 0.310 e. The predicted octanol–water partition coefficient (Wildman–Crippen LogP) is 3.32. The summed E-state index contributed by atoms with van der Waals surface area (Å²) in [5, 5.41) is 16.0. The summed E-state index contributed by atoms with van der Waals surface area (Å²) in [4.78, 5) is 10.2. The topological polar surface area (TPSA) is 55.2 Å². The van der Waals surface area contributed by atoms with Gasteiger partial charge in [0.05, 0.1) is 4.92 Å². The Morgan fingerprint density at radius 2 is 2.31 bits per heavy atom. The third-order valence-electron chi connectivity index (χ3n) is 2.54. The molecule has 1 rings (SSSR count). The Balaban J connectivity index is 2.44. The minimum atomic E-state index is -0.336. The van der Waals surface area contributed by atoms with Gasteiger partial charge in [-0.25, -0.2) is 0 Å². The second-order valence-electron chi connectivity index (χ2n) is 3.83. The zero-order valence-electron chi connectivity index (χ0n) is 9.73. The van der Waals surface area contributed by atoms with E-state index in [9.17, 15) is 10.1 Å². The minimum absolute atomic E-state index is 0.223. The summed E-state index contributed by atoms with van der Waals surface area (Å²) >= 11 is 1.19. The van der Waals surface area contributed by atoms with Crippen LogP contribution >= 0.6 is 11.3 Å². The van der Waals surface area contributed by atoms with Crippen molar-refractivity contribution in [1.82, 2.24) is 5.32 Å². The minimum Gasteiger partial charge on any atom is -0.310 e. The normalized spacial score (nSPS) is 12.6. The van der Waals surface area contributed by atoms with E-state index < -0.39 is 0 Å². The van der Waals surface area contributed by atoms with E-state index in [4.69, 9.17) is 0 Å². The van der Waals surface area contributed by atoms with Crippen LogP contribution in [0.25, 0.3) is 0 Å². The van der Waals surface area contributed by atoms with Crippen molar-refractivity contribution in [2.24, 2.45) is 0 Å². The molecule has 0 saturated heterocycles. The van der Waals surface area contributed by atoms with E-state index >= 15 is 0 Å². The van der Waals surface area contributed by atoms with E-state index in [2.05, 4.69) is 19.2 Å². The highest BCUT2D eigenvalue weighted by Crippen LogP contribution is 2.22. The van der Waals surface area contributed by atoms with Crippen LogP contribution in [-0.4, -0.2) is 11.0 Å². The van der Waals surface area contributed by atoms with Crippen LogP contribution in [0.1, 0.15) is 38.7 Å². The van der Waals surface area contributed by atoms with Gasteiger partial charge in [0.2, 0.25) is 0 Å². The summed E-state index contributed by atoms with van der Waals surface area (Å²) in [6.45, 7) is 5.05. The maximum atomic E-state index is 10.5. The molecule has 5 heteroatoms. The van der Waals surface area contributed by atoms with Gasteiger partial charge in [0.25, 0.3) is 0 Å². The molecule has 0 bridgehead atoms. The number of nitro groups is 1. The summed E-state index contributed by atoms with van der Waals surface area (Å²) in [6, 6.07) is 2.17. The first-order valence-electron chi connectivity index (χ1n) is 5.62. The molecule has 4 nitrogen and oxygen atoms in total. The molecular formula is C11H18N2O2S. The van der Waals surface area contributed by atoms with Gasteiger partial charge in [0.1, 0.15) is 0 Å². The van der Waals surface area contributed by atoms with E-state index in [1.807, 2.05) is 5.38 Å². The van der Waals surface area contributed by atoms with Crippen molar-refractivity contribution in [3.8, 4) is 0 Å². The molecule has 0 aliphatic carbocycles. The van der Waals surface area contributed by atoms with E-state index in [1.54, 1.807) is 6.07 Å². The van der Waals surface area contributed by atoms with Crippen molar-refractivity contribution in [2.45, 2.75) is 45.7 Å². The van der Waals surface area contributed by atoms with Gasteiger partial charge in [-0.05, 0) is 18.4 Å². The van der Waals surface area contributed by atoms with Gasteiger partial charge in [-0.3, -0.25) is 10.1 Å². The fraction of sp³-hybridized carbons (Fsp3) is 0.636. The molecule has 0 aliphatic rings. The first-order chi connectivity index (χ1) is 7.67. The molecule has 0 spiro atoms. The van der Waals surface area contributed by atoms with Crippen molar-refractivity contribution >= 4 is 16.3 Å². The Morgan fingerprint density at radius 3 is 2.81 bits per heavy atom. The molecule has 1 heterocycles. The van der Waals surface area contributed by atoms with E-state index in [0.717, 1.165) is 31.4 Å². The molecule has 1 aromatic rings. The van der Waals surface area contributed by atoms with Crippen LogP contribution in [-0.2, 0) is 6.54 Å². The summed E-state index contributed by atoms with van der Waals surface area (Å²) in [5.41, 5.74) is 1.01. The standard InChI is InChI=1S/C11H18N2O2S/c1-3-5-10(4-2)12-7-9-6-11(13(14)15)16-8-9/h6,8,10,12H,3-5,7H2,1-2H3. The molecule has 1 atom stereocenters. The van der Waals surface area contributed by atoms with Crippen LogP contribution in [0, 0.1) is 10.1 Å². The monoisotopic (exact) mass is 242 g/mol. The van der Waals surface area contributed by atoms with Gasteiger partial charge in [-0.15, -0.1) is 0 Å². The van der Waals surface area contributed by atoms with E-state index in [1.165, 1.54) is 11.3 Å². The van der Waals surface area contributed by atoms with Crippen LogP contribution in [0.15, 0.2) is 11.4 Å². The number of hydrogen-bond donors (Lipinski definition) is 1. The largest absolute Gasteiger partial charge is 0.324 e. The van der Waals surface area contributed by atoms with Gasteiger partial charge < -0.3 is 5.32 Å². The summed E-state index contributed by atoms with van der Waals surface area (Å²) < 4.78 is 0. The Hall–Kier alpha value is -0.940. The van der Waals surface area contributed by atoms with Gasteiger partial charge in [-0.1, -0.05) is 31.6 Å². The molecule has 1 N–H and O–H groups in total. The lowest BCUT2D eigenvalue weighted by atomic mass is 10.1. The zero-order chi connectivity index (χ0) is 12.0. The maximum absolute atomic E-state index is 10.5. The maximum Gasteiger partial charge on any atom is 0.324 e. The van der Waals surface area contributed by atoms with Gasteiger partial charge in [0, 0.05) is 24.0 Å². The molecular weight excluding hydrogens is 224 g/mol. The van der Waals surface area contributed by atoms with E-state index in [-0.39, 0.29) is 9.92 Å². The number of nitrogens with zero attached hydrogens (tertiary/aromatic N) is 1. The first-order valence-corrected chi connectivity index (χ1v) is 6.50. The fourth-order valence-electron chi connectivity index (χ4n) is 1.61. The van der Waals surface area contributed by atoms with Crippen molar-refractivity contribution in [2.75, 3.05) is 0 Å². The highest BCUT2D eigenvalue weighted by atomic mass is 32.1. The molecule has 1 unspecified atom stereocenters. The quantitative estimate of drug-likeness (QED) is 0.589. The number of hydrogen-bond acceptors (Lipinski definition) is 4. The lowest BCUT2D eigenvalue weighted by molar-refractivity contribution is -0.380. The Bertz CT molecular complexity index is 338. The third-order valence-corrected chi connectivity index (χ3v) is 3.47. The van der Waals surface area contributed by atoms with Crippen molar-refractivity contribution in [3.05, 3.63) is 27.1 Å². The number of nitrogens with one attached hydrogen (secondary N) is 1. The molecule has 1 aromatic heterocycles. The molecule has 0 radical (unpaired) electrons. The molecule has 0 aliphatic heterocycles. The van der Waals surface area contributed by atoms with Crippen molar-refractivity contribution in [1.29, 1.82) is 0 Å². The van der Waals surface area contributed by atoms with Crippen molar-refractivity contribution in [3.63, 3.8) is 0 Å². The Kier molecular flexibility index (Phi) is 5.42. The number of rotatable bonds is 7. The highest BCUT2D eigenvalue weighted by molar-refractivity contribution is 7.13. The summed E-state index contributed by atoms with van der Waals surface area (Å²) in [6.07, 6.45) is 3.41. The summed E-state index contributed by atoms with van der Waals surface area (Å²) in [7, 11) is 0. The highest BCUT2D eigenvalue weighted by Gasteiger charge is 2.10. The molecule has 0 amide bonds. The zero-order valence-corrected chi connectivity index (χ0v) is 10.5. The van der Waals surface area contributed by atoms with Crippen LogP contribution in [0.4, 0.5) is 5.00 Å². The van der Waals surface area contributed by atoms with Crippen molar-refractivity contribution < 1.29 is 4.92 Å². The SMILES string of the molecule is CCCC(CC)NCc1csc([N+](=O)[O-])c1. The number of thiophene rings is 1. The van der Waals surface area contributed by atoms with E-state index in [0.29, 0.717) is 6.04 Å². The molecule has 0 fully saturated rings.